The molecule has 6 heteroatoms. The molecule has 0 aliphatic carbocycles. The summed E-state index contributed by atoms with van der Waals surface area (Å²) in [6.45, 7) is 8.21. The summed E-state index contributed by atoms with van der Waals surface area (Å²) in [5, 5.41) is 0. The van der Waals surface area contributed by atoms with Gasteiger partial charge in [-0.05, 0) is 43.0 Å². The molecular formula is C14H25N3O2S. The van der Waals surface area contributed by atoms with Crippen LogP contribution in [-0.4, -0.2) is 26.3 Å². The molecule has 0 radical (unpaired) electrons. The summed E-state index contributed by atoms with van der Waals surface area (Å²) in [5.41, 5.74) is 4.67. The van der Waals surface area contributed by atoms with Gasteiger partial charge in [-0.15, -0.1) is 0 Å². The van der Waals surface area contributed by atoms with Crippen molar-refractivity contribution < 1.29 is 8.42 Å². The Morgan fingerprint density at radius 2 is 1.80 bits per heavy atom. The normalized spacial score (nSPS) is 13.6. The second-order valence-electron chi connectivity index (χ2n) is 5.38. The molecule has 1 rings (SSSR count). The summed E-state index contributed by atoms with van der Waals surface area (Å²) in [6.07, 6.45) is 0.952. The smallest absolute Gasteiger partial charge is 0.243 e. The standard InChI is InChI=1S/C14H25N3O2S/c1-6-10(2)9-17(5)20(18,19)14-11(3)7-13(16-15)8-12(14)4/h7-8,10,16H,6,9,15H2,1-5H3. The predicted octanol–water partition coefficient (Wildman–Crippen LogP) is 2.26. The van der Waals surface area contributed by atoms with E-state index in [0.29, 0.717) is 34.2 Å². The fraction of sp³-hybridized carbons (Fsp3) is 0.571. The van der Waals surface area contributed by atoms with Gasteiger partial charge in [-0.25, -0.2) is 12.7 Å². The number of aryl methyl sites for hydroxylation is 2. The van der Waals surface area contributed by atoms with Crippen LogP contribution in [0.3, 0.4) is 0 Å². The highest BCUT2D eigenvalue weighted by molar-refractivity contribution is 7.89. The largest absolute Gasteiger partial charge is 0.324 e. The van der Waals surface area contributed by atoms with Crippen molar-refractivity contribution in [3.63, 3.8) is 0 Å². The lowest BCUT2D eigenvalue weighted by molar-refractivity contribution is 0.393. The Morgan fingerprint density at radius 3 is 2.20 bits per heavy atom. The molecule has 20 heavy (non-hydrogen) atoms. The van der Waals surface area contributed by atoms with Crippen molar-refractivity contribution in [1.82, 2.24) is 4.31 Å². The summed E-state index contributed by atoms with van der Waals surface area (Å²) in [5.74, 6) is 5.71. The zero-order valence-electron chi connectivity index (χ0n) is 12.9. The van der Waals surface area contributed by atoms with E-state index in [4.69, 9.17) is 5.84 Å². The van der Waals surface area contributed by atoms with Gasteiger partial charge in [0, 0.05) is 19.3 Å². The van der Waals surface area contributed by atoms with Gasteiger partial charge in [0.25, 0.3) is 0 Å². The van der Waals surface area contributed by atoms with Crippen LogP contribution in [-0.2, 0) is 10.0 Å². The van der Waals surface area contributed by atoms with Crippen LogP contribution >= 0.6 is 0 Å². The molecule has 0 aliphatic heterocycles. The van der Waals surface area contributed by atoms with Crippen LogP contribution < -0.4 is 11.3 Å². The molecule has 5 nitrogen and oxygen atoms in total. The van der Waals surface area contributed by atoms with Gasteiger partial charge in [0.15, 0.2) is 0 Å². The first-order valence-electron chi connectivity index (χ1n) is 6.78. The average molecular weight is 299 g/mol. The number of benzene rings is 1. The van der Waals surface area contributed by atoms with Crippen LogP contribution in [0.1, 0.15) is 31.4 Å². The van der Waals surface area contributed by atoms with Gasteiger partial charge in [0.05, 0.1) is 4.90 Å². The second kappa shape index (κ2) is 6.56. The molecule has 1 aromatic carbocycles. The van der Waals surface area contributed by atoms with Crippen molar-refractivity contribution in [3.8, 4) is 0 Å². The average Bonchev–Trinajstić information content (AvgIpc) is 2.36. The first kappa shape index (κ1) is 16.9. The highest BCUT2D eigenvalue weighted by Crippen LogP contribution is 2.27. The van der Waals surface area contributed by atoms with E-state index in [0.717, 1.165) is 6.42 Å². The SMILES string of the molecule is CCC(C)CN(C)S(=O)(=O)c1c(C)cc(NN)cc1C. The van der Waals surface area contributed by atoms with Crippen molar-refractivity contribution in [2.75, 3.05) is 19.0 Å². The summed E-state index contributed by atoms with van der Waals surface area (Å²) < 4.78 is 26.8. The Labute approximate surface area is 122 Å². The number of nitrogen functional groups attached to an aromatic ring is 1. The Kier molecular flexibility index (Phi) is 5.56. The van der Waals surface area contributed by atoms with E-state index < -0.39 is 10.0 Å². The molecule has 1 aromatic rings. The van der Waals surface area contributed by atoms with Gasteiger partial charge in [-0.1, -0.05) is 20.3 Å². The second-order valence-corrected chi connectivity index (χ2v) is 7.36. The fourth-order valence-corrected chi connectivity index (χ4v) is 3.96. The van der Waals surface area contributed by atoms with Crippen molar-refractivity contribution in [2.24, 2.45) is 11.8 Å². The van der Waals surface area contributed by atoms with Crippen molar-refractivity contribution in [3.05, 3.63) is 23.3 Å². The van der Waals surface area contributed by atoms with Crippen LogP contribution in [0.5, 0.6) is 0 Å². The molecule has 3 N–H and O–H groups in total. The molecule has 0 fully saturated rings. The van der Waals surface area contributed by atoms with Crippen LogP contribution in [0.2, 0.25) is 0 Å². The lowest BCUT2D eigenvalue weighted by Gasteiger charge is -2.23. The third-order valence-electron chi connectivity index (χ3n) is 3.56. The van der Waals surface area contributed by atoms with Crippen molar-refractivity contribution in [1.29, 1.82) is 0 Å². The molecule has 0 saturated heterocycles. The number of nitrogens with one attached hydrogen (secondary N) is 1. The van der Waals surface area contributed by atoms with Gasteiger partial charge in [-0.3, -0.25) is 5.84 Å². The molecule has 0 bridgehead atoms. The van der Waals surface area contributed by atoms with Gasteiger partial charge in [-0.2, -0.15) is 0 Å². The Hall–Kier alpha value is -1.11. The number of rotatable bonds is 6. The number of anilines is 1. The number of hydrogen-bond donors (Lipinski definition) is 2. The molecule has 0 saturated carbocycles. The minimum absolute atomic E-state index is 0.334. The fourth-order valence-electron chi connectivity index (χ4n) is 2.26. The van der Waals surface area contributed by atoms with Crippen LogP contribution in [0, 0.1) is 19.8 Å². The van der Waals surface area contributed by atoms with Crippen molar-refractivity contribution in [2.45, 2.75) is 39.0 Å². The number of nitrogens with two attached hydrogens (primary N) is 1. The minimum Gasteiger partial charge on any atom is -0.324 e. The number of sulfonamides is 1. The third-order valence-corrected chi connectivity index (χ3v) is 5.69. The molecule has 0 aliphatic rings. The highest BCUT2D eigenvalue weighted by Gasteiger charge is 2.25. The lowest BCUT2D eigenvalue weighted by Crippen LogP contribution is -2.32. The number of hydrogen-bond acceptors (Lipinski definition) is 4. The predicted molar refractivity (Wildman–Crippen MR) is 83.0 cm³/mol. The number of hydrazine groups is 1. The van der Waals surface area contributed by atoms with Crippen LogP contribution in [0.25, 0.3) is 0 Å². The zero-order chi connectivity index (χ0) is 15.5. The molecule has 0 heterocycles. The van der Waals surface area contributed by atoms with E-state index in [1.165, 1.54) is 4.31 Å². The Morgan fingerprint density at radius 1 is 1.30 bits per heavy atom. The maximum absolute atomic E-state index is 12.7. The summed E-state index contributed by atoms with van der Waals surface area (Å²) in [4.78, 5) is 0.377. The van der Waals surface area contributed by atoms with E-state index in [-0.39, 0.29) is 0 Å². The van der Waals surface area contributed by atoms with E-state index in [1.807, 2.05) is 6.92 Å². The van der Waals surface area contributed by atoms with Gasteiger partial charge in [0.2, 0.25) is 10.0 Å². The topological polar surface area (TPSA) is 75.4 Å². The first-order chi connectivity index (χ1) is 9.23. The maximum atomic E-state index is 12.7. The molecule has 0 aromatic heterocycles. The summed E-state index contributed by atoms with van der Waals surface area (Å²) >= 11 is 0. The minimum atomic E-state index is -3.47. The lowest BCUT2D eigenvalue weighted by atomic mass is 10.1. The third kappa shape index (κ3) is 3.50. The van der Waals surface area contributed by atoms with E-state index in [9.17, 15) is 8.42 Å². The Bertz CT molecular complexity index is 547. The highest BCUT2D eigenvalue weighted by atomic mass is 32.2. The first-order valence-corrected chi connectivity index (χ1v) is 8.22. The van der Waals surface area contributed by atoms with Gasteiger partial charge >= 0.3 is 0 Å². The summed E-state index contributed by atoms with van der Waals surface area (Å²) in [6, 6.07) is 3.49. The van der Waals surface area contributed by atoms with Gasteiger partial charge < -0.3 is 5.43 Å². The van der Waals surface area contributed by atoms with E-state index in [2.05, 4.69) is 12.3 Å². The van der Waals surface area contributed by atoms with Crippen LogP contribution in [0.4, 0.5) is 5.69 Å². The molecule has 114 valence electrons. The van der Waals surface area contributed by atoms with E-state index >= 15 is 0 Å². The molecular weight excluding hydrogens is 274 g/mol. The van der Waals surface area contributed by atoms with Gasteiger partial charge in [0.1, 0.15) is 0 Å². The quantitative estimate of drug-likeness (QED) is 0.624. The van der Waals surface area contributed by atoms with Crippen LogP contribution in [0.15, 0.2) is 17.0 Å². The molecule has 1 atom stereocenters. The molecule has 0 amide bonds. The maximum Gasteiger partial charge on any atom is 0.243 e. The van der Waals surface area contributed by atoms with Crippen molar-refractivity contribution >= 4 is 15.7 Å². The monoisotopic (exact) mass is 299 g/mol. The zero-order valence-corrected chi connectivity index (χ0v) is 13.7. The number of nitrogens with zero attached hydrogens (tertiary/aromatic N) is 1. The molecule has 0 spiro atoms. The molecule has 1 unspecified atom stereocenters. The Balaban J connectivity index is 3.22. The summed E-state index contributed by atoms with van der Waals surface area (Å²) in [7, 11) is -1.83. The van der Waals surface area contributed by atoms with E-state index in [1.54, 1.807) is 33.0 Å².